The molecule has 0 saturated heterocycles. The van der Waals surface area contributed by atoms with Gasteiger partial charge in [0.15, 0.2) is 6.61 Å². The van der Waals surface area contributed by atoms with Crippen LogP contribution in [0.3, 0.4) is 0 Å². The lowest BCUT2D eigenvalue weighted by atomic mass is 10.00. The molecule has 0 atom stereocenters. The van der Waals surface area contributed by atoms with Crippen LogP contribution in [0.5, 0.6) is 5.75 Å². The van der Waals surface area contributed by atoms with Crippen molar-refractivity contribution in [1.29, 1.82) is 0 Å². The third-order valence-corrected chi connectivity index (χ3v) is 4.31. The summed E-state index contributed by atoms with van der Waals surface area (Å²) < 4.78 is 6.70. The van der Waals surface area contributed by atoms with Crippen LogP contribution in [-0.4, -0.2) is 24.0 Å². The maximum absolute atomic E-state index is 12.3. The van der Waals surface area contributed by atoms with E-state index < -0.39 is 0 Å². The number of amides is 1. The van der Waals surface area contributed by atoms with Gasteiger partial charge in [0, 0.05) is 16.7 Å². The summed E-state index contributed by atoms with van der Waals surface area (Å²) in [5.74, 6) is 0.788. The fourth-order valence-corrected chi connectivity index (χ4v) is 3.02. The highest BCUT2D eigenvalue weighted by Crippen LogP contribution is 2.19. The number of ether oxygens (including phenoxy) is 1. The second-order valence-electron chi connectivity index (χ2n) is 5.08. The highest BCUT2D eigenvalue weighted by molar-refractivity contribution is 14.1. The van der Waals surface area contributed by atoms with E-state index in [2.05, 4.69) is 40.8 Å². The van der Waals surface area contributed by atoms with E-state index in [-0.39, 0.29) is 12.5 Å². The lowest BCUT2D eigenvalue weighted by Crippen LogP contribution is -2.38. The van der Waals surface area contributed by atoms with Crippen molar-refractivity contribution in [3.8, 4) is 5.75 Å². The van der Waals surface area contributed by atoms with E-state index in [0.717, 1.165) is 22.3 Å². The Hall–Kier alpha value is -1.56. The van der Waals surface area contributed by atoms with Crippen LogP contribution in [-0.2, 0) is 17.8 Å². The number of halogens is 1. The molecule has 21 heavy (non-hydrogen) atoms. The number of hydrogen-bond acceptors (Lipinski definition) is 2. The van der Waals surface area contributed by atoms with Gasteiger partial charge in [0.25, 0.3) is 5.91 Å². The molecule has 0 aromatic heterocycles. The Morgan fingerprint density at radius 1 is 1.14 bits per heavy atom. The number of carbonyl (C=O) groups excluding carboxylic acids is 1. The summed E-state index contributed by atoms with van der Waals surface area (Å²) in [6.45, 7) is 1.55. The van der Waals surface area contributed by atoms with Crippen molar-refractivity contribution in [3.63, 3.8) is 0 Å². The molecule has 3 nitrogen and oxygen atoms in total. The predicted octanol–water partition coefficient (Wildman–Crippen LogP) is 3.25. The Kier molecular flexibility index (Phi) is 4.43. The molecule has 1 heterocycles. The number of carbonyl (C=O) groups is 1. The van der Waals surface area contributed by atoms with Crippen molar-refractivity contribution in [1.82, 2.24) is 4.90 Å². The Balaban J connectivity index is 1.59. The summed E-state index contributed by atoms with van der Waals surface area (Å²) >= 11 is 2.23. The standard InChI is InChI=1S/C17H16INO2/c18-15-6-3-7-16(10-15)21-12-17(20)19-9-8-13-4-1-2-5-14(13)11-19/h1-7,10H,8-9,11-12H2. The van der Waals surface area contributed by atoms with Gasteiger partial charge in [-0.2, -0.15) is 0 Å². The molecule has 0 spiro atoms. The summed E-state index contributed by atoms with van der Waals surface area (Å²) in [5, 5.41) is 0. The molecule has 1 amide bonds. The molecule has 0 fully saturated rings. The molecule has 0 aliphatic carbocycles. The van der Waals surface area contributed by atoms with Crippen LogP contribution in [0.1, 0.15) is 11.1 Å². The highest BCUT2D eigenvalue weighted by atomic mass is 127. The van der Waals surface area contributed by atoms with Crippen LogP contribution in [0.2, 0.25) is 0 Å². The first-order chi connectivity index (χ1) is 10.2. The van der Waals surface area contributed by atoms with Crippen molar-refractivity contribution in [2.45, 2.75) is 13.0 Å². The van der Waals surface area contributed by atoms with Gasteiger partial charge in [0.2, 0.25) is 0 Å². The molecule has 2 aromatic carbocycles. The summed E-state index contributed by atoms with van der Waals surface area (Å²) in [5.41, 5.74) is 2.59. The van der Waals surface area contributed by atoms with E-state index in [9.17, 15) is 4.79 Å². The summed E-state index contributed by atoms with van der Waals surface area (Å²) in [6, 6.07) is 16.0. The van der Waals surface area contributed by atoms with E-state index in [0.29, 0.717) is 6.54 Å². The second kappa shape index (κ2) is 6.47. The van der Waals surface area contributed by atoms with E-state index in [1.54, 1.807) is 0 Å². The zero-order chi connectivity index (χ0) is 14.7. The zero-order valence-electron chi connectivity index (χ0n) is 11.6. The minimum absolute atomic E-state index is 0.0448. The average molecular weight is 393 g/mol. The van der Waals surface area contributed by atoms with Gasteiger partial charge in [-0.1, -0.05) is 30.3 Å². The highest BCUT2D eigenvalue weighted by Gasteiger charge is 2.20. The van der Waals surface area contributed by atoms with Gasteiger partial charge >= 0.3 is 0 Å². The fourth-order valence-electron chi connectivity index (χ4n) is 2.50. The molecule has 0 unspecified atom stereocenters. The molecule has 4 heteroatoms. The van der Waals surface area contributed by atoms with E-state index in [4.69, 9.17) is 4.74 Å². The minimum Gasteiger partial charge on any atom is -0.484 e. The first kappa shape index (κ1) is 14.4. The zero-order valence-corrected chi connectivity index (χ0v) is 13.7. The van der Waals surface area contributed by atoms with Gasteiger partial charge in [-0.3, -0.25) is 4.79 Å². The van der Waals surface area contributed by atoms with E-state index in [1.165, 1.54) is 11.1 Å². The normalized spacial score (nSPS) is 13.7. The third-order valence-electron chi connectivity index (χ3n) is 3.64. The number of fused-ring (bicyclic) bond motifs is 1. The maximum atomic E-state index is 12.3. The molecular formula is C17H16INO2. The quantitative estimate of drug-likeness (QED) is 0.750. The molecule has 2 aromatic rings. The van der Waals surface area contributed by atoms with E-state index in [1.807, 2.05) is 35.2 Å². The van der Waals surface area contributed by atoms with Crippen LogP contribution in [0.15, 0.2) is 48.5 Å². The topological polar surface area (TPSA) is 29.5 Å². The van der Waals surface area contributed by atoms with Crippen molar-refractivity contribution < 1.29 is 9.53 Å². The predicted molar refractivity (Wildman–Crippen MR) is 90.2 cm³/mol. The van der Waals surface area contributed by atoms with Gasteiger partial charge in [-0.15, -0.1) is 0 Å². The lowest BCUT2D eigenvalue weighted by Gasteiger charge is -2.28. The fraction of sp³-hybridized carbons (Fsp3) is 0.235. The second-order valence-corrected chi connectivity index (χ2v) is 6.33. The number of rotatable bonds is 3. The molecule has 0 saturated carbocycles. The van der Waals surface area contributed by atoms with Gasteiger partial charge in [-0.25, -0.2) is 0 Å². The third kappa shape index (κ3) is 3.56. The van der Waals surface area contributed by atoms with Gasteiger partial charge < -0.3 is 9.64 Å². The average Bonchev–Trinajstić information content (AvgIpc) is 2.52. The molecule has 108 valence electrons. The molecule has 0 bridgehead atoms. The summed E-state index contributed by atoms with van der Waals surface area (Å²) in [6.07, 6.45) is 0.922. The SMILES string of the molecule is O=C(COc1cccc(I)c1)N1CCc2ccccc2C1. The van der Waals surface area contributed by atoms with Crippen LogP contribution in [0, 0.1) is 3.57 Å². The first-order valence-electron chi connectivity index (χ1n) is 6.95. The summed E-state index contributed by atoms with van der Waals surface area (Å²) in [7, 11) is 0. The largest absolute Gasteiger partial charge is 0.484 e. The summed E-state index contributed by atoms with van der Waals surface area (Å²) in [4.78, 5) is 14.1. The van der Waals surface area contributed by atoms with Crippen molar-refractivity contribution in [3.05, 3.63) is 63.2 Å². The van der Waals surface area contributed by atoms with Crippen molar-refractivity contribution >= 4 is 28.5 Å². The lowest BCUT2D eigenvalue weighted by molar-refractivity contribution is -0.134. The Bertz CT molecular complexity index is 657. The van der Waals surface area contributed by atoms with Crippen molar-refractivity contribution in [2.75, 3.05) is 13.2 Å². The van der Waals surface area contributed by atoms with Gasteiger partial charge in [0.1, 0.15) is 5.75 Å². The molecule has 0 radical (unpaired) electrons. The molecule has 1 aliphatic heterocycles. The van der Waals surface area contributed by atoms with E-state index >= 15 is 0 Å². The van der Waals surface area contributed by atoms with Crippen LogP contribution in [0.4, 0.5) is 0 Å². The van der Waals surface area contributed by atoms with Crippen LogP contribution < -0.4 is 4.74 Å². The molecule has 1 aliphatic rings. The van der Waals surface area contributed by atoms with Gasteiger partial charge in [0.05, 0.1) is 0 Å². The molecular weight excluding hydrogens is 377 g/mol. The van der Waals surface area contributed by atoms with Crippen LogP contribution >= 0.6 is 22.6 Å². The molecule has 3 rings (SSSR count). The first-order valence-corrected chi connectivity index (χ1v) is 8.03. The van der Waals surface area contributed by atoms with Crippen LogP contribution in [0.25, 0.3) is 0 Å². The number of nitrogens with zero attached hydrogens (tertiary/aromatic N) is 1. The van der Waals surface area contributed by atoms with Gasteiger partial charge in [-0.05, 0) is 58.3 Å². The number of hydrogen-bond donors (Lipinski definition) is 0. The minimum atomic E-state index is 0.0448. The monoisotopic (exact) mass is 393 g/mol. The molecule has 0 N–H and O–H groups in total. The number of benzene rings is 2. The Labute approximate surface area is 138 Å². The smallest absolute Gasteiger partial charge is 0.260 e. The Morgan fingerprint density at radius 3 is 2.76 bits per heavy atom. The maximum Gasteiger partial charge on any atom is 0.260 e. The van der Waals surface area contributed by atoms with Crippen molar-refractivity contribution in [2.24, 2.45) is 0 Å². The Morgan fingerprint density at radius 2 is 1.95 bits per heavy atom.